The smallest absolute Gasteiger partial charge is 0.0547 e. The molecule has 0 radical (unpaired) electrons. The number of benzene rings is 10. The molecular weight excluding hydrogens is 737 g/mol. The van der Waals surface area contributed by atoms with E-state index in [1.165, 1.54) is 87.9 Å². The Hall–Kier alpha value is -7.68. The van der Waals surface area contributed by atoms with Gasteiger partial charge in [0.25, 0.3) is 0 Å². The summed E-state index contributed by atoms with van der Waals surface area (Å²) in [7, 11) is 0. The van der Waals surface area contributed by atoms with Crippen molar-refractivity contribution in [2.24, 2.45) is 0 Å². The molecular formula is C59H42N2. The molecule has 0 fully saturated rings. The minimum atomic E-state index is -0.0921. The van der Waals surface area contributed by atoms with E-state index in [1.807, 2.05) is 0 Å². The van der Waals surface area contributed by atoms with Gasteiger partial charge in [-0.15, -0.1) is 0 Å². The molecule has 10 aromatic carbocycles. The maximum Gasteiger partial charge on any atom is 0.0547 e. The molecule has 0 aliphatic heterocycles. The van der Waals surface area contributed by atoms with E-state index in [9.17, 15) is 0 Å². The highest BCUT2D eigenvalue weighted by Gasteiger charge is 2.35. The molecule has 0 atom stereocenters. The van der Waals surface area contributed by atoms with Crippen molar-refractivity contribution in [1.82, 2.24) is 4.57 Å². The Morgan fingerprint density at radius 1 is 0.361 bits per heavy atom. The molecule has 0 amide bonds. The molecule has 0 unspecified atom stereocenters. The third kappa shape index (κ3) is 5.56. The second kappa shape index (κ2) is 13.7. The second-order valence-corrected chi connectivity index (χ2v) is 16.9. The van der Waals surface area contributed by atoms with Crippen LogP contribution in [-0.4, -0.2) is 4.57 Å². The summed E-state index contributed by atoms with van der Waals surface area (Å²) in [6.07, 6.45) is 0. The molecule has 0 saturated carbocycles. The van der Waals surface area contributed by atoms with Gasteiger partial charge in [0, 0.05) is 38.9 Å². The monoisotopic (exact) mass is 778 g/mol. The topological polar surface area (TPSA) is 8.17 Å². The normalized spacial score (nSPS) is 12.9. The van der Waals surface area contributed by atoms with Crippen molar-refractivity contribution in [2.75, 3.05) is 4.90 Å². The highest BCUT2D eigenvalue weighted by atomic mass is 15.1. The van der Waals surface area contributed by atoms with Crippen LogP contribution in [0.3, 0.4) is 0 Å². The lowest BCUT2D eigenvalue weighted by Crippen LogP contribution is -2.16. The molecule has 12 rings (SSSR count). The van der Waals surface area contributed by atoms with E-state index in [4.69, 9.17) is 0 Å². The van der Waals surface area contributed by atoms with Gasteiger partial charge in [-0.1, -0.05) is 172 Å². The fraction of sp³-hybridized carbons (Fsp3) is 0.0508. The van der Waals surface area contributed by atoms with Crippen LogP contribution in [0.1, 0.15) is 25.0 Å². The minimum Gasteiger partial charge on any atom is -0.310 e. The van der Waals surface area contributed by atoms with Crippen molar-refractivity contribution in [2.45, 2.75) is 19.3 Å². The summed E-state index contributed by atoms with van der Waals surface area (Å²) in [5.74, 6) is 0. The van der Waals surface area contributed by atoms with Gasteiger partial charge in [0.05, 0.1) is 11.0 Å². The van der Waals surface area contributed by atoms with Crippen LogP contribution < -0.4 is 4.90 Å². The standard InChI is InChI=1S/C59H42N2/c1-59(2)53-21-10-8-18-50(53)51-35-34-48(38-54(51)59)60(47-33-27-39-13-6-7-16-44(39)37-47)45-29-23-40(24-30-45)41-25-31-46(32-26-41)61-55-22-11-9-19-52(55)58-56(61)36-28-43-17-12-20-49(57(43)58)42-14-4-3-5-15-42/h3-38H,1-2H3. The lowest BCUT2D eigenvalue weighted by molar-refractivity contribution is 0.660. The first kappa shape index (κ1) is 35.3. The zero-order chi connectivity index (χ0) is 40.7. The summed E-state index contributed by atoms with van der Waals surface area (Å²) >= 11 is 0. The Bertz CT molecular complexity index is 3480. The maximum absolute atomic E-state index is 2.43. The number of rotatable bonds is 6. The molecule has 2 heteroatoms. The number of aromatic nitrogens is 1. The van der Waals surface area contributed by atoms with Gasteiger partial charge < -0.3 is 9.47 Å². The van der Waals surface area contributed by atoms with Crippen molar-refractivity contribution >= 4 is 60.4 Å². The zero-order valence-electron chi connectivity index (χ0n) is 34.2. The van der Waals surface area contributed by atoms with Gasteiger partial charge in [0.1, 0.15) is 0 Å². The van der Waals surface area contributed by atoms with Crippen molar-refractivity contribution in [3.05, 3.63) is 230 Å². The quantitative estimate of drug-likeness (QED) is 0.163. The number of nitrogens with zero attached hydrogens (tertiary/aromatic N) is 2. The molecule has 0 N–H and O–H groups in total. The summed E-state index contributed by atoms with van der Waals surface area (Å²) in [4.78, 5) is 2.41. The predicted octanol–water partition coefficient (Wildman–Crippen LogP) is 16.2. The average molecular weight is 779 g/mol. The predicted molar refractivity (Wildman–Crippen MR) is 259 cm³/mol. The molecule has 0 saturated heterocycles. The minimum absolute atomic E-state index is 0.0921. The van der Waals surface area contributed by atoms with Gasteiger partial charge in [0.15, 0.2) is 0 Å². The van der Waals surface area contributed by atoms with E-state index in [0.717, 1.165) is 22.7 Å². The molecule has 0 bridgehead atoms. The lowest BCUT2D eigenvalue weighted by Gasteiger charge is -2.28. The fourth-order valence-electron chi connectivity index (χ4n) is 10.2. The summed E-state index contributed by atoms with van der Waals surface area (Å²) in [6, 6.07) is 80.3. The van der Waals surface area contributed by atoms with Crippen LogP contribution in [0.25, 0.3) is 82.4 Å². The van der Waals surface area contributed by atoms with Crippen molar-refractivity contribution < 1.29 is 0 Å². The van der Waals surface area contributed by atoms with Crippen molar-refractivity contribution in [3.63, 3.8) is 0 Å². The lowest BCUT2D eigenvalue weighted by atomic mass is 9.82. The fourth-order valence-corrected chi connectivity index (χ4v) is 10.2. The van der Waals surface area contributed by atoms with Gasteiger partial charge in [-0.25, -0.2) is 0 Å². The van der Waals surface area contributed by atoms with Crippen molar-refractivity contribution in [1.29, 1.82) is 0 Å². The highest BCUT2D eigenvalue weighted by molar-refractivity contribution is 6.24. The summed E-state index contributed by atoms with van der Waals surface area (Å²) < 4.78 is 2.43. The zero-order valence-corrected chi connectivity index (χ0v) is 34.2. The Balaban J connectivity index is 0.937. The third-order valence-electron chi connectivity index (χ3n) is 13.2. The van der Waals surface area contributed by atoms with Gasteiger partial charge in [-0.05, 0) is 127 Å². The molecule has 11 aromatic rings. The van der Waals surface area contributed by atoms with Gasteiger partial charge in [-0.3, -0.25) is 0 Å². The summed E-state index contributed by atoms with van der Waals surface area (Å²) in [6.45, 7) is 4.71. The van der Waals surface area contributed by atoms with E-state index < -0.39 is 0 Å². The summed E-state index contributed by atoms with van der Waals surface area (Å²) in [5, 5.41) is 7.56. The molecule has 2 nitrogen and oxygen atoms in total. The molecule has 1 aromatic heterocycles. The van der Waals surface area contributed by atoms with E-state index in [2.05, 4.69) is 242 Å². The van der Waals surface area contributed by atoms with Crippen LogP contribution in [0.5, 0.6) is 0 Å². The Kier molecular flexibility index (Phi) is 7.92. The average Bonchev–Trinajstić information content (AvgIpc) is 3.78. The largest absolute Gasteiger partial charge is 0.310 e. The van der Waals surface area contributed by atoms with Crippen molar-refractivity contribution in [3.8, 4) is 39.1 Å². The third-order valence-corrected chi connectivity index (χ3v) is 13.2. The van der Waals surface area contributed by atoms with Crippen LogP contribution in [0.4, 0.5) is 17.1 Å². The van der Waals surface area contributed by atoms with Crippen LogP contribution in [0.15, 0.2) is 218 Å². The van der Waals surface area contributed by atoms with Crippen LogP contribution in [-0.2, 0) is 5.41 Å². The van der Waals surface area contributed by atoms with Gasteiger partial charge >= 0.3 is 0 Å². The van der Waals surface area contributed by atoms with E-state index >= 15 is 0 Å². The Morgan fingerprint density at radius 3 is 1.80 bits per heavy atom. The van der Waals surface area contributed by atoms with Crippen LogP contribution >= 0.6 is 0 Å². The first-order chi connectivity index (χ1) is 30.0. The van der Waals surface area contributed by atoms with E-state index in [-0.39, 0.29) is 5.41 Å². The van der Waals surface area contributed by atoms with Gasteiger partial charge in [-0.2, -0.15) is 0 Å². The van der Waals surface area contributed by atoms with E-state index in [1.54, 1.807) is 0 Å². The molecule has 1 aliphatic carbocycles. The first-order valence-electron chi connectivity index (χ1n) is 21.3. The Labute approximate surface area is 356 Å². The number of hydrogen-bond acceptors (Lipinski definition) is 1. The number of fused-ring (bicyclic) bond motifs is 9. The summed E-state index contributed by atoms with van der Waals surface area (Å²) in [5.41, 5.74) is 17.2. The number of anilines is 3. The van der Waals surface area contributed by atoms with Crippen LogP contribution in [0, 0.1) is 0 Å². The molecule has 61 heavy (non-hydrogen) atoms. The first-order valence-corrected chi connectivity index (χ1v) is 21.3. The van der Waals surface area contributed by atoms with E-state index in [0.29, 0.717) is 0 Å². The molecule has 1 aliphatic rings. The second-order valence-electron chi connectivity index (χ2n) is 16.9. The maximum atomic E-state index is 2.43. The highest BCUT2D eigenvalue weighted by Crippen LogP contribution is 2.51. The Morgan fingerprint density at radius 2 is 0.967 bits per heavy atom. The number of hydrogen-bond donors (Lipinski definition) is 0. The molecule has 288 valence electrons. The molecule has 0 spiro atoms. The van der Waals surface area contributed by atoms with Gasteiger partial charge in [0.2, 0.25) is 0 Å². The number of para-hydroxylation sites is 1. The SMILES string of the molecule is CC1(C)c2ccccc2-c2ccc(N(c3ccc(-c4ccc(-n5c6ccccc6c6c7c(-c8ccccc8)cccc7ccc65)cc4)cc3)c3ccc4ccccc4c3)cc21. The van der Waals surface area contributed by atoms with Crippen LogP contribution in [0.2, 0.25) is 0 Å². The molecule has 1 heterocycles.